The van der Waals surface area contributed by atoms with E-state index in [4.69, 9.17) is 21.1 Å². The maximum atomic E-state index is 6.46. The number of ether oxygens (including phenoxy) is 2. The fourth-order valence-electron chi connectivity index (χ4n) is 2.60. The summed E-state index contributed by atoms with van der Waals surface area (Å²) in [6.45, 7) is 9.19. The highest BCUT2D eigenvalue weighted by atomic mass is 35.5. The van der Waals surface area contributed by atoms with E-state index in [1.54, 1.807) is 11.0 Å². The van der Waals surface area contributed by atoms with Crippen LogP contribution in [-0.2, 0) is 13.6 Å². The molecule has 1 aromatic heterocycles. The summed E-state index contributed by atoms with van der Waals surface area (Å²) in [7, 11) is 1.89. The predicted octanol–water partition coefficient (Wildman–Crippen LogP) is 3.90. The molecular formula is C18H27ClN4O2. The summed E-state index contributed by atoms with van der Waals surface area (Å²) >= 11 is 6.46. The van der Waals surface area contributed by atoms with Crippen LogP contribution in [0.1, 0.15) is 51.5 Å². The summed E-state index contributed by atoms with van der Waals surface area (Å²) in [6.07, 6.45) is 2.52. The van der Waals surface area contributed by atoms with Gasteiger partial charge in [0.05, 0.1) is 18.8 Å². The van der Waals surface area contributed by atoms with Gasteiger partial charge in [-0.2, -0.15) is 5.10 Å². The van der Waals surface area contributed by atoms with E-state index in [2.05, 4.69) is 22.3 Å². The third-order valence-electron chi connectivity index (χ3n) is 3.78. The second-order valence-electron chi connectivity index (χ2n) is 6.07. The average Bonchev–Trinajstić information content (AvgIpc) is 2.97. The molecule has 7 heteroatoms. The summed E-state index contributed by atoms with van der Waals surface area (Å²) in [6, 6.07) is 3.87. The second-order valence-corrected chi connectivity index (χ2v) is 6.48. The first kappa shape index (κ1) is 19.5. The number of rotatable bonds is 9. The molecule has 2 aromatic rings. The molecule has 0 amide bonds. The number of aryl methyl sites for hydroxylation is 1. The van der Waals surface area contributed by atoms with E-state index in [9.17, 15) is 0 Å². The molecule has 0 bridgehead atoms. The quantitative estimate of drug-likeness (QED) is 0.729. The smallest absolute Gasteiger partial charge is 0.163 e. The number of hydrogen-bond donors (Lipinski definition) is 1. The lowest BCUT2D eigenvalue weighted by atomic mass is 10.1. The third kappa shape index (κ3) is 5.09. The van der Waals surface area contributed by atoms with E-state index >= 15 is 0 Å². The standard InChI is InChI=1S/C18H27ClN4O2/c1-6-15(18-21-11-22-23(18)5)20-10-13-8-16(24-7-2)17(9-14(13)19)25-12(3)4/h8-9,11-12,15,20H,6-7,10H2,1-5H3/t15-/m1/s1. The van der Waals surface area contributed by atoms with Gasteiger partial charge in [0.15, 0.2) is 11.5 Å². The summed E-state index contributed by atoms with van der Waals surface area (Å²) < 4.78 is 13.3. The summed E-state index contributed by atoms with van der Waals surface area (Å²) in [5, 5.41) is 8.29. The Kier molecular flexibility index (Phi) is 7.08. The number of nitrogens with one attached hydrogen (secondary N) is 1. The van der Waals surface area contributed by atoms with Gasteiger partial charge < -0.3 is 14.8 Å². The van der Waals surface area contributed by atoms with Crippen molar-refractivity contribution in [3.8, 4) is 11.5 Å². The van der Waals surface area contributed by atoms with Gasteiger partial charge in [0, 0.05) is 24.7 Å². The monoisotopic (exact) mass is 366 g/mol. The zero-order valence-electron chi connectivity index (χ0n) is 15.5. The Hall–Kier alpha value is -1.79. The maximum Gasteiger partial charge on any atom is 0.163 e. The Bertz CT molecular complexity index is 688. The molecule has 1 aromatic carbocycles. The Labute approximate surface area is 154 Å². The maximum absolute atomic E-state index is 6.46. The van der Waals surface area contributed by atoms with Gasteiger partial charge in [-0.1, -0.05) is 18.5 Å². The van der Waals surface area contributed by atoms with Crippen molar-refractivity contribution in [2.75, 3.05) is 6.61 Å². The molecule has 1 N–H and O–H groups in total. The molecule has 0 radical (unpaired) electrons. The molecule has 0 aliphatic carbocycles. The summed E-state index contributed by atoms with van der Waals surface area (Å²) in [5.41, 5.74) is 0.960. The van der Waals surface area contributed by atoms with Crippen molar-refractivity contribution in [1.82, 2.24) is 20.1 Å². The van der Waals surface area contributed by atoms with Crippen molar-refractivity contribution in [3.63, 3.8) is 0 Å². The van der Waals surface area contributed by atoms with Crippen LogP contribution < -0.4 is 14.8 Å². The molecule has 0 saturated carbocycles. The van der Waals surface area contributed by atoms with Crippen LogP contribution in [0.4, 0.5) is 0 Å². The van der Waals surface area contributed by atoms with Crippen LogP contribution in [0.2, 0.25) is 5.02 Å². The van der Waals surface area contributed by atoms with Gasteiger partial charge in [-0.15, -0.1) is 0 Å². The third-order valence-corrected chi connectivity index (χ3v) is 4.13. The molecule has 1 atom stereocenters. The lowest BCUT2D eigenvalue weighted by Gasteiger charge is -2.19. The molecule has 138 valence electrons. The van der Waals surface area contributed by atoms with Gasteiger partial charge in [-0.05, 0) is 38.8 Å². The molecule has 0 aliphatic rings. The number of benzene rings is 1. The van der Waals surface area contributed by atoms with E-state index in [0.29, 0.717) is 29.7 Å². The van der Waals surface area contributed by atoms with Crippen LogP contribution >= 0.6 is 11.6 Å². The molecule has 1 heterocycles. The molecule has 25 heavy (non-hydrogen) atoms. The molecular weight excluding hydrogens is 340 g/mol. The predicted molar refractivity (Wildman–Crippen MR) is 99.3 cm³/mol. The van der Waals surface area contributed by atoms with Crippen molar-refractivity contribution in [2.45, 2.75) is 52.8 Å². The number of halogens is 1. The lowest BCUT2D eigenvalue weighted by molar-refractivity contribution is 0.223. The van der Waals surface area contributed by atoms with E-state index < -0.39 is 0 Å². The van der Waals surface area contributed by atoms with Gasteiger partial charge in [0.2, 0.25) is 0 Å². The molecule has 0 spiro atoms. The second kappa shape index (κ2) is 9.06. The molecule has 0 unspecified atom stereocenters. The van der Waals surface area contributed by atoms with Crippen LogP contribution in [0, 0.1) is 0 Å². The van der Waals surface area contributed by atoms with Crippen molar-refractivity contribution in [1.29, 1.82) is 0 Å². The largest absolute Gasteiger partial charge is 0.490 e. The lowest BCUT2D eigenvalue weighted by Crippen LogP contribution is -2.23. The molecule has 0 saturated heterocycles. The van der Waals surface area contributed by atoms with Crippen molar-refractivity contribution >= 4 is 11.6 Å². The Morgan fingerprint density at radius 1 is 1.24 bits per heavy atom. The normalized spacial score (nSPS) is 12.4. The summed E-state index contributed by atoms with van der Waals surface area (Å²) in [5.74, 6) is 2.29. The topological polar surface area (TPSA) is 61.2 Å². The molecule has 2 rings (SSSR count). The fraction of sp³-hybridized carbons (Fsp3) is 0.556. The minimum atomic E-state index is 0.0552. The van der Waals surface area contributed by atoms with Gasteiger partial charge in [-0.3, -0.25) is 4.68 Å². The first-order valence-electron chi connectivity index (χ1n) is 8.65. The van der Waals surface area contributed by atoms with E-state index in [-0.39, 0.29) is 12.1 Å². The van der Waals surface area contributed by atoms with Gasteiger partial charge in [0.1, 0.15) is 12.2 Å². The Morgan fingerprint density at radius 2 is 2.00 bits per heavy atom. The highest BCUT2D eigenvalue weighted by molar-refractivity contribution is 6.31. The van der Waals surface area contributed by atoms with Gasteiger partial charge >= 0.3 is 0 Å². The van der Waals surface area contributed by atoms with Crippen LogP contribution in [0.25, 0.3) is 0 Å². The van der Waals surface area contributed by atoms with Crippen LogP contribution in [0.3, 0.4) is 0 Å². The highest BCUT2D eigenvalue weighted by Gasteiger charge is 2.17. The number of hydrogen-bond acceptors (Lipinski definition) is 5. The Morgan fingerprint density at radius 3 is 2.56 bits per heavy atom. The molecule has 0 fully saturated rings. The van der Waals surface area contributed by atoms with Crippen LogP contribution in [-0.4, -0.2) is 27.5 Å². The Balaban J connectivity index is 2.18. The number of aromatic nitrogens is 3. The van der Waals surface area contributed by atoms with Crippen molar-refractivity contribution in [2.24, 2.45) is 7.05 Å². The van der Waals surface area contributed by atoms with E-state index in [0.717, 1.165) is 17.8 Å². The zero-order chi connectivity index (χ0) is 18.4. The first-order chi connectivity index (χ1) is 12.0. The molecule has 6 nitrogen and oxygen atoms in total. The minimum absolute atomic E-state index is 0.0552. The highest BCUT2D eigenvalue weighted by Crippen LogP contribution is 2.34. The fourth-order valence-corrected chi connectivity index (χ4v) is 2.82. The first-order valence-corrected chi connectivity index (χ1v) is 9.03. The van der Waals surface area contributed by atoms with Crippen molar-refractivity contribution in [3.05, 3.63) is 34.9 Å². The number of nitrogens with zero attached hydrogens (tertiary/aromatic N) is 3. The summed E-state index contributed by atoms with van der Waals surface area (Å²) in [4.78, 5) is 4.33. The molecule has 0 aliphatic heterocycles. The van der Waals surface area contributed by atoms with Crippen LogP contribution in [0.5, 0.6) is 11.5 Å². The van der Waals surface area contributed by atoms with E-state index in [1.807, 2.05) is 40.0 Å². The zero-order valence-corrected chi connectivity index (χ0v) is 16.3. The van der Waals surface area contributed by atoms with Gasteiger partial charge in [0.25, 0.3) is 0 Å². The van der Waals surface area contributed by atoms with Gasteiger partial charge in [-0.25, -0.2) is 4.98 Å². The van der Waals surface area contributed by atoms with E-state index in [1.165, 1.54) is 0 Å². The SMILES string of the molecule is CCOc1cc(CN[C@H](CC)c2ncnn2C)c(Cl)cc1OC(C)C. The van der Waals surface area contributed by atoms with Crippen molar-refractivity contribution < 1.29 is 9.47 Å². The van der Waals surface area contributed by atoms with Crippen LogP contribution in [0.15, 0.2) is 18.5 Å². The minimum Gasteiger partial charge on any atom is -0.490 e. The average molecular weight is 367 g/mol.